The van der Waals surface area contributed by atoms with Crippen molar-refractivity contribution in [2.45, 2.75) is 20.5 Å². The third-order valence-corrected chi connectivity index (χ3v) is 5.82. The van der Waals surface area contributed by atoms with E-state index in [1.54, 1.807) is 48.5 Å². The fraction of sp³-hybridized carbons (Fsp3) is 0.261. The van der Waals surface area contributed by atoms with Gasteiger partial charge in [0.25, 0.3) is 11.1 Å². The van der Waals surface area contributed by atoms with Crippen molar-refractivity contribution >= 4 is 58.2 Å². The van der Waals surface area contributed by atoms with Gasteiger partial charge in [0, 0.05) is 15.6 Å². The minimum atomic E-state index is -0.607. The van der Waals surface area contributed by atoms with Gasteiger partial charge in [-0.1, -0.05) is 55.2 Å². The van der Waals surface area contributed by atoms with Crippen LogP contribution >= 0.6 is 35.0 Å². The first-order valence-electron chi connectivity index (χ1n) is 9.80. The molecular formula is C23H21Cl2NO5S. The maximum absolute atomic E-state index is 12.5. The Bertz CT molecular complexity index is 1050. The van der Waals surface area contributed by atoms with Crippen molar-refractivity contribution in [2.75, 3.05) is 13.2 Å². The highest BCUT2D eigenvalue weighted by atomic mass is 35.5. The number of carbonyl (C=O) groups excluding carboxylic acids is 3. The van der Waals surface area contributed by atoms with Gasteiger partial charge < -0.3 is 9.47 Å². The van der Waals surface area contributed by atoms with E-state index >= 15 is 0 Å². The van der Waals surface area contributed by atoms with E-state index in [1.165, 1.54) is 0 Å². The second-order valence-corrected chi connectivity index (χ2v) is 9.27. The van der Waals surface area contributed by atoms with Gasteiger partial charge in [-0.3, -0.25) is 19.3 Å². The molecule has 0 aliphatic carbocycles. The molecule has 1 fully saturated rings. The van der Waals surface area contributed by atoms with E-state index in [2.05, 4.69) is 0 Å². The third kappa shape index (κ3) is 6.51. The summed E-state index contributed by atoms with van der Waals surface area (Å²) in [5, 5.41) is 0.584. The summed E-state index contributed by atoms with van der Waals surface area (Å²) in [7, 11) is 0. The minimum Gasteiger partial charge on any atom is -0.489 e. The molecule has 0 aromatic heterocycles. The van der Waals surface area contributed by atoms with Gasteiger partial charge >= 0.3 is 5.97 Å². The van der Waals surface area contributed by atoms with Crippen molar-refractivity contribution in [3.8, 4) is 5.75 Å². The van der Waals surface area contributed by atoms with Crippen molar-refractivity contribution in [1.82, 2.24) is 4.90 Å². The molecule has 0 atom stereocenters. The average Bonchev–Trinajstić information content (AvgIpc) is 3.00. The lowest BCUT2D eigenvalue weighted by Gasteiger charge is -2.12. The van der Waals surface area contributed by atoms with Crippen molar-refractivity contribution in [2.24, 2.45) is 5.92 Å². The lowest BCUT2D eigenvalue weighted by Crippen LogP contribution is -2.34. The number of halogens is 2. The van der Waals surface area contributed by atoms with Crippen molar-refractivity contribution in [3.05, 3.63) is 68.5 Å². The highest BCUT2D eigenvalue weighted by Crippen LogP contribution is 2.32. The van der Waals surface area contributed by atoms with Crippen LogP contribution in [0, 0.1) is 5.92 Å². The van der Waals surface area contributed by atoms with Crippen molar-refractivity contribution in [1.29, 1.82) is 0 Å². The summed E-state index contributed by atoms with van der Waals surface area (Å²) in [4.78, 5) is 37.7. The Kier molecular flexibility index (Phi) is 8.23. The van der Waals surface area contributed by atoms with E-state index in [0.717, 1.165) is 27.8 Å². The zero-order chi connectivity index (χ0) is 23.3. The molecule has 32 heavy (non-hydrogen) atoms. The number of thioether (sulfide) groups is 1. The summed E-state index contributed by atoms with van der Waals surface area (Å²) in [5.41, 5.74) is 1.52. The van der Waals surface area contributed by atoms with Crippen LogP contribution in [0.1, 0.15) is 25.0 Å². The van der Waals surface area contributed by atoms with Crippen LogP contribution in [-0.4, -0.2) is 35.2 Å². The minimum absolute atomic E-state index is 0.170. The van der Waals surface area contributed by atoms with Gasteiger partial charge in [0.1, 0.15) is 18.9 Å². The molecule has 0 spiro atoms. The highest BCUT2D eigenvalue weighted by Gasteiger charge is 2.36. The Balaban J connectivity index is 1.60. The van der Waals surface area contributed by atoms with Crippen LogP contribution in [0.3, 0.4) is 0 Å². The van der Waals surface area contributed by atoms with E-state index in [0.29, 0.717) is 15.8 Å². The quantitative estimate of drug-likeness (QED) is 0.341. The number of ether oxygens (including phenoxy) is 2. The molecule has 1 aliphatic heterocycles. The first-order chi connectivity index (χ1) is 15.2. The van der Waals surface area contributed by atoms with Gasteiger partial charge in [-0.15, -0.1) is 0 Å². The summed E-state index contributed by atoms with van der Waals surface area (Å²) in [6, 6.07) is 12.2. The predicted molar refractivity (Wildman–Crippen MR) is 126 cm³/mol. The van der Waals surface area contributed by atoms with Crippen molar-refractivity contribution in [3.63, 3.8) is 0 Å². The van der Waals surface area contributed by atoms with E-state index < -0.39 is 23.7 Å². The smallest absolute Gasteiger partial charge is 0.326 e. The summed E-state index contributed by atoms with van der Waals surface area (Å²) in [5.74, 6) is -0.332. The maximum Gasteiger partial charge on any atom is 0.326 e. The number of nitrogens with zero attached hydrogens (tertiary/aromatic N) is 1. The Morgan fingerprint density at radius 2 is 1.84 bits per heavy atom. The van der Waals surface area contributed by atoms with Crippen LogP contribution in [0.4, 0.5) is 4.79 Å². The molecule has 9 heteroatoms. The third-order valence-electron chi connectivity index (χ3n) is 4.33. The number of benzene rings is 2. The Morgan fingerprint density at radius 1 is 1.12 bits per heavy atom. The number of hydrogen-bond donors (Lipinski definition) is 0. The second kappa shape index (κ2) is 10.9. The summed E-state index contributed by atoms with van der Waals surface area (Å²) >= 11 is 12.8. The van der Waals surface area contributed by atoms with Gasteiger partial charge in [0.2, 0.25) is 0 Å². The second-order valence-electron chi connectivity index (χ2n) is 7.44. The predicted octanol–water partition coefficient (Wildman–Crippen LogP) is 5.81. The normalized spacial score (nSPS) is 15.0. The number of carbonyl (C=O) groups is 3. The standard InChI is InChI=1S/C23H21Cl2NO5S/c1-14(2)12-31-21(27)11-26-22(28)20(32-23(26)29)9-15-3-7-18(8-4-15)30-13-16-5-6-17(24)10-19(16)25/h3-10,14H,11-13H2,1-2H3/b20-9+. The Labute approximate surface area is 200 Å². The molecule has 0 bridgehead atoms. The molecule has 1 heterocycles. The number of rotatable bonds is 8. The lowest BCUT2D eigenvalue weighted by molar-refractivity contribution is -0.147. The fourth-order valence-corrected chi connectivity index (χ4v) is 3.98. The van der Waals surface area contributed by atoms with Crippen LogP contribution in [0.25, 0.3) is 6.08 Å². The molecule has 6 nitrogen and oxygen atoms in total. The topological polar surface area (TPSA) is 72.9 Å². The Morgan fingerprint density at radius 3 is 2.50 bits per heavy atom. The zero-order valence-electron chi connectivity index (χ0n) is 17.5. The molecule has 2 aromatic carbocycles. The largest absolute Gasteiger partial charge is 0.489 e. The van der Waals surface area contributed by atoms with E-state index in [9.17, 15) is 14.4 Å². The molecule has 0 N–H and O–H groups in total. The molecule has 2 amide bonds. The number of hydrogen-bond acceptors (Lipinski definition) is 6. The fourth-order valence-electron chi connectivity index (χ4n) is 2.68. The van der Waals surface area contributed by atoms with Crippen LogP contribution in [0.2, 0.25) is 10.0 Å². The molecule has 1 saturated heterocycles. The summed E-state index contributed by atoms with van der Waals surface area (Å²) < 4.78 is 10.8. The van der Waals surface area contributed by atoms with Gasteiger partial charge in [-0.25, -0.2) is 0 Å². The van der Waals surface area contributed by atoms with E-state index in [-0.39, 0.29) is 24.0 Å². The highest BCUT2D eigenvalue weighted by molar-refractivity contribution is 8.18. The van der Waals surface area contributed by atoms with Gasteiger partial charge in [0.15, 0.2) is 0 Å². The summed E-state index contributed by atoms with van der Waals surface area (Å²) in [6.45, 7) is 3.93. The average molecular weight is 494 g/mol. The molecular weight excluding hydrogens is 473 g/mol. The number of amides is 2. The number of imide groups is 1. The zero-order valence-corrected chi connectivity index (χ0v) is 19.8. The Hall–Kier alpha value is -2.48. The molecule has 3 rings (SSSR count). The number of esters is 1. The lowest BCUT2D eigenvalue weighted by atomic mass is 10.2. The molecule has 0 saturated carbocycles. The maximum atomic E-state index is 12.5. The monoisotopic (exact) mass is 493 g/mol. The summed E-state index contributed by atoms with van der Waals surface area (Å²) in [6.07, 6.45) is 1.60. The van der Waals surface area contributed by atoms with Crippen LogP contribution in [0.5, 0.6) is 5.75 Å². The van der Waals surface area contributed by atoms with Crippen LogP contribution in [0.15, 0.2) is 47.4 Å². The van der Waals surface area contributed by atoms with Crippen molar-refractivity contribution < 1.29 is 23.9 Å². The van der Waals surface area contributed by atoms with Crippen LogP contribution < -0.4 is 4.74 Å². The van der Waals surface area contributed by atoms with Crippen LogP contribution in [-0.2, 0) is 20.9 Å². The van der Waals surface area contributed by atoms with Gasteiger partial charge in [-0.2, -0.15) is 0 Å². The molecule has 168 valence electrons. The molecule has 0 unspecified atom stereocenters. The first-order valence-corrected chi connectivity index (χ1v) is 11.4. The molecule has 1 aliphatic rings. The van der Waals surface area contributed by atoms with E-state index in [4.69, 9.17) is 32.7 Å². The first kappa shape index (κ1) is 24.2. The van der Waals surface area contributed by atoms with Gasteiger partial charge in [0.05, 0.1) is 11.5 Å². The molecule has 2 aromatic rings. The van der Waals surface area contributed by atoms with Gasteiger partial charge in [-0.05, 0) is 53.6 Å². The van der Waals surface area contributed by atoms with E-state index in [1.807, 2.05) is 13.8 Å². The molecule has 0 radical (unpaired) electrons. The SMILES string of the molecule is CC(C)COC(=O)CN1C(=O)S/C(=C/c2ccc(OCc3ccc(Cl)cc3Cl)cc2)C1=O.